The van der Waals surface area contributed by atoms with E-state index in [1.165, 1.54) is 0 Å². The monoisotopic (exact) mass is 286 g/mol. The lowest BCUT2D eigenvalue weighted by molar-refractivity contribution is -0.122. The van der Waals surface area contributed by atoms with Gasteiger partial charge in [0.2, 0.25) is 5.91 Å². The fourth-order valence-electron chi connectivity index (χ4n) is 2.14. The van der Waals surface area contributed by atoms with E-state index < -0.39 is 0 Å². The Balaban J connectivity index is 1.87. The fourth-order valence-corrected chi connectivity index (χ4v) is 2.14. The number of piperidine rings is 1. The maximum absolute atomic E-state index is 11.6. The third-order valence-electron chi connectivity index (χ3n) is 3.31. The summed E-state index contributed by atoms with van der Waals surface area (Å²) in [5.74, 6) is 0.0868. The number of rotatable bonds is 10. The first kappa shape index (κ1) is 17.4. The molecule has 5 nitrogen and oxygen atoms in total. The van der Waals surface area contributed by atoms with Crippen LogP contribution in [-0.2, 0) is 14.3 Å². The molecule has 118 valence electrons. The molecule has 1 rings (SSSR count). The number of hydrogen-bond acceptors (Lipinski definition) is 4. The van der Waals surface area contributed by atoms with E-state index in [1.807, 2.05) is 13.8 Å². The van der Waals surface area contributed by atoms with Crippen molar-refractivity contribution < 1.29 is 14.3 Å². The molecule has 0 bridgehead atoms. The summed E-state index contributed by atoms with van der Waals surface area (Å²) in [7, 11) is 0. The van der Waals surface area contributed by atoms with Gasteiger partial charge in [0.25, 0.3) is 0 Å². The smallest absolute Gasteiger partial charge is 0.222 e. The molecule has 1 heterocycles. The number of hydrogen-bond donors (Lipinski definition) is 2. The lowest BCUT2D eigenvalue weighted by Crippen LogP contribution is -2.33. The fraction of sp³-hybridized carbons (Fsp3) is 0.933. The molecular formula is C15H30N2O3. The number of unbranched alkanes of at least 4 members (excludes halogenated alkanes) is 1. The highest BCUT2D eigenvalue weighted by atomic mass is 16.5. The molecule has 0 saturated carbocycles. The lowest BCUT2D eigenvalue weighted by Gasteiger charge is -2.22. The van der Waals surface area contributed by atoms with Gasteiger partial charge < -0.3 is 20.1 Å². The molecule has 5 heteroatoms. The van der Waals surface area contributed by atoms with Crippen molar-refractivity contribution in [2.24, 2.45) is 0 Å². The van der Waals surface area contributed by atoms with E-state index in [9.17, 15) is 4.79 Å². The van der Waals surface area contributed by atoms with Gasteiger partial charge >= 0.3 is 0 Å². The Morgan fingerprint density at radius 1 is 1.25 bits per heavy atom. The Morgan fingerprint density at radius 2 is 2.00 bits per heavy atom. The highest BCUT2D eigenvalue weighted by Crippen LogP contribution is 2.07. The van der Waals surface area contributed by atoms with Gasteiger partial charge in [-0.1, -0.05) is 0 Å². The van der Waals surface area contributed by atoms with Gasteiger partial charge in [-0.05, 0) is 52.6 Å². The molecule has 1 aliphatic heterocycles. The molecule has 0 aliphatic carbocycles. The number of ether oxygens (including phenoxy) is 2. The SMILES string of the molecule is CC(C)OCCCCNC(=O)CCOC1CCNCC1. The molecule has 0 aromatic heterocycles. The summed E-state index contributed by atoms with van der Waals surface area (Å²) >= 11 is 0. The van der Waals surface area contributed by atoms with Crippen molar-refractivity contribution in [3.05, 3.63) is 0 Å². The molecule has 0 aromatic rings. The maximum Gasteiger partial charge on any atom is 0.222 e. The van der Waals surface area contributed by atoms with Crippen LogP contribution in [0.4, 0.5) is 0 Å². The van der Waals surface area contributed by atoms with E-state index in [0.29, 0.717) is 19.1 Å². The molecule has 0 spiro atoms. The van der Waals surface area contributed by atoms with Gasteiger partial charge in [-0.25, -0.2) is 0 Å². The van der Waals surface area contributed by atoms with Crippen LogP contribution in [0.25, 0.3) is 0 Å². The molecule has 1 fully saturated rings. The van der Waals surface area contributed by atoms with E-state index in [1.54, 1.807) is 0 Å². The standard InChI is InChI=1S/C15H30N2O3/c1-13(2)19-11-4-3-8-17-15(18)7-12-20-14-5-9-16-10-6-14/h13-14,16H,3-12H2,1-2H3,(H,17,18). The van der Waals surface area contributed by atoms with Crippen LogP contribution in [0.5, 0.6) is 0 Å². The van der Waals surface area contributed by atoms with Crippen LogP contribution in [0.3, 0.4) is 0 Å². The maximum atomic E-state index is 11.6. The van der Waals surface area contributed by atoms with Crippen LogP contribution in [0.2, 0.25) is 0 Å². The number of amides is 1. The minimum Gasteiger partial charge on any atom is -0.379 e. The number of carbonyl (C=O) groups excluding carboxylic acids is 1. The molecule has 1 amide bonds. The van der Waals surface area contributed by atoms with Crippen molar-refractivity contribution in [2.45, 2.75) is 58.2 Å². The molecular weight excluding hydrogens is 256 g/mol. The molecule has 2 N–H and O–H groups in total. The first-order valence-corrected chi connectivity index (χ1v) is 7.89. The predicted octanol–water partition coefficient (Wildman–Crippen LogP) is 1.47. The molecule has 0 unspecified atom stereocenters. The van der Waals surface area contributed by atoms with Crippen molar-refractivity contribution in [1.29, 1.82) is 0 Å². The van der Waals surface area contributed by atoms with Crippen LogP contribution >= 0.6 is 0 Å². The minimum atomic E-state index is 0.0868. The summed E-state index contributed by atoms with van der Waals surface area (Å²) in [5.41, 5.74) is 0. The molecule has 0 aromatic carbocycles. The molecule has 0 atom stereocenters. The van der Waals surface area contributed by atoms with Crippen LogP contribution in [0.1, 0.15) is 46.0 Å². The van der Waals surface area contributed by atoms with Crippen LogP contribution < -0.4 is 10.6 Å². The van der Waals surface area contributed by atoms with E-state index in [4.69, 9.17) is 9.47 Å². The Bertz CT molecular complexity index is 254. The van der Waals surface area contributed by atoms with E-state index in [0.717, 1.165) is 51.9 Å². The Kier molecular flexibility index (Phi) is 9.62. The zero-order valence-electron chi connectivity index (χ0n) is 13.0. The van der Waals surface area contributed by atoms with Crippen LogP contribution in [-0.4, -0.2) is 51.0 Å². The minimum absolute atomic E-state index is 0.0868. The van der Waals surface area contributed by atoms with Gasteiger partial charge in [0.1, 0.15) is 0 Å². The Hall–Kier alpha value is -0.650. The summed E-state index contributed by atoms with van der Waals surface area (Å²) < 4.78 is 11.1. The lowest BCUT2D eigenvalue weighted by atomic mass is 10.1. The second-order valence-electron chi connectivity index (χ2n) is 5.55. The molecule has 1 saturated heterocycles. The highest BCUT2D eigenvalue weighted by molar-refractivity contribution is 5.75. The number of carbonyl (C=O) groups is 1. The van der Waals surface area contributed by atoms with E-state index in [-0.39, 0.29) is 12.0 Å². The predicted molar refractivity (Wildman–Crippen MR) is 79.8 cm³/mol. The third kappa shape index (κ3) is 9.28. The summed E-state index contributed by atoms with van der Waals surface area (Å²) in [4.78, 5) is 11.6. The quantitative estimate of drug-likeness (QED) is 0.597. The molecule has 1 aliphatic rings. The van der Waals surface area contributed by atoms with Crippen LogP contribution in [0, 0.1) is 0 Å². The van der Waals surface area contributed by atoms with Gasteiger partial charge in [-0.3, -0.25) is 4.79 Å². The number of nitrogens with one attached hydrogen (secondary N) is 2. The third-order valence-corrected chi connectivity index (χ3v) is 3.31. The zero-order chi connectivity index (χ0) is 14.6. The summed E-state index contributed by atoms with van der Waals surface area (Å²) in [5, 5.41) is 6.22. The van der Waals surface area contributed by atoms with E-state index in [2.05, 4.69) is 10.6 Å². The zero-order valence-corrected chi connectivity index (χ0v) is 13.0. The Morgan fingerprint density at radius 3 is 2.70 bits per heavy atom. The largest absolute Gasteiger partial charge is 0.379 e. The average molecular weight is 286 g/mol. The molecule has 0 radical (unpaired) electrons. The first-order chi connectivity index (χ1) is 9.68. The topological polar surface area (TPSA) is 59.6 Å². The van der Waals surface area contributed by atoms with Gasteiger partial charge in [0.05, 0.1) is 18.8 Å². The van der Waals surface area contributed by atoms with Gasteiger partial charge in [-0.2, -0.15) is 0 Å². The van der Waals surface area contributed by atoms with Crippen molar-refractivity contribution in [2.75, 3.05) is 32.8 Å². The van der Waals surface area contributed by atoms with Crippen molar-refractivity contribution in [1.82, 2.24) is 10.6 Å². The van der Waals surface area contributed by atoms with Gasteiger partial charge in [-0.15, -0.1) is 0 Å². The van der Waals surface area contributed by atoms with Crippen LogP contribution in [0.15, 0.2) is 0 Å². The van der Waals surface area contributed by atoms with Gasteiger partial charge in [0.15, 0.2) is 0 Å². The Labute approximate surface area is 122 Å². The average Bonchev–Trinajstić information content (AvgIpc) is 2.43. The summed E-state index contributed by atoms with van der Waals surface area (Å²) in [6.07, 6.45) is 5.15. The summed E-state index contributed by atoms with van der Waals surface area (Å²) in [6, 6.07) is 0. The second kappa shape index (κ2) is 11.1. The van der Waals surface area contributed by atoms with Crippen molar-refractivity contribution in [3.8, 4) is 0 Å². The highest BCUT2D eigenvalue weighted by Gasteiger charge is 2.13. The normalized spacial score (nSPS) is 16.6. The summed E-state index contributed by atoms with van der Waals surface area (Å²) in [6.45, 7) is 8.14. The van der Waals surface area contributed by atoms with E-state index >= 15 is 0 Å². The van der Waals surface area contributed by atoms with Gasteiger partial charge in [0, 0.05) is 19.6 Å². The second-order valence-corrected chi connectivity index (χ2v) is 5.55. The van der Waals surface area contributed by atoms with Crippen molar-refractivity contribution >= 4 is 5.91 Å². The van der Waals surface area contributed by atoms with Crippen molar-refractivity contribution in [3.63, 3.8) is 0 Å². The first-order valence-electron chi connectivity index (χ1n) is 7.89. The molecule has 20 heavy (non-hydrogen) atoms.